The number of nitrogens with zero attached hydrogens (tertiary/aromatic N) is 2. The van der Waals surface area contributed by atoms with Crippen molar-refractivity contribution in [3.63, 3.8) is 0 Å². The summed E-state index contributed by atoms with van der Waals surface area (Å²) in [5.41, 5.74) is -2.57. The summed E-state index contributed by atoms with van der Waals surface area (Å²) < 4.78 is 65.6. The SMILES string of the molecule is FCC(F)(F)C(F)(F)F.O=C1NC(=O)c2c1ccc([N+](=O)[O-])c2[N+](=O)[O-]. The van der Waals surface area contributed by atoms with Crippen LogP contribution in [-0.4, -0.2) is 40.4 Å². The van der Waals surface area contributed by atoms with Crippen molar-refractivity contribution in [3.8, 4) is 0 Å². The fraction of sp³-hybridized carbons (Fsp3) is 0.273. The average Bonchev–Trinajstić information content (AvgIpc) is 2.80. The van der Waals surface area contributed by atoms with Gasteiger partial charge in [-0.2, -0.15) is 22.0 Å². The van der Waals surface area contributed by atoms with Gasteiger partial charge in [0.1, 0.15) is 5.56 Å². The predicted molar refractivity (Wildman–Crippen MR) is 68.5 cm³/mol. The zero-order chi connectivity index (χ0) is 20.4. The van der Waals surface area contributed by atoms with E-state index in [0.717, 1.165) is 12.1 Å². The molecule has 1 aromatic rings. The molecule has 0 spiro atoms. The molecule has 2 amide bonds. The number of amides is 2. The molecule has 9 nitrogen and oxygen atoms in total. The van der Waals surface area contributed by atoms with Crippen LogP contribution in [-0.2, 0) is 0 Å². The van der Waals surface area contributed by atoms with E-state index in [1.807, 2.05) is 5.32 Å². The highest BCUT2D eigenvalue weighted by molar-refractivity contribution is 6.23. The number of fused-ring (bicyclic) bond motifs is 1. The molecule has 1 aliphatic rings. The Labute approximate surface area is 137 Å². The number of hydrogen-bond acceptors (Lipinski definition) is 6. The van der Waals surface area contributed by atoms with E-state index in [1.165, 1.54) is 0 Å². The van der Waals surface area contributed by atoms with Crippen LogP contribution in [0.2, 0.25) is 0 Å². The molecule has 0 saturated carbocycles. The number of carbonyl (C=O) groups is 2. The zero-order valence-corrected chi connectivity index (χ0v) is 12.0. The fourth-order valence-electron chi connectivity index (χ4n) is 1.64. The van der Waals surface area contributed by atoms with E-state index < -0.39 is 57.4 Å². The van der Waals surface area contributed by atoms with Crippen LogP contribution >= 0.6 is 0 Å². The quantitative estimate of drug-likeness (QED) is 0.366. The van der Waals surface area contributed by atoms with Crippen molar-refractivity contribution in [2.24, 2.45) is 0 Å². The topological polar surface area (TPSA) is 132 Å². The van der Waals surface area contributed by atoms with Gasteiger partial charge in [0.05, 0.1) is 15.4 Å². The molecular weight excluding hydrogens is 384 g/mol. The van der Waals surface area contributed by atoms with E-state index in [2.05, 4.69) is 0 Å². The minimum atomic E-state index is -5.76. The van der Waals surface area contributed by atoms with Crippen LogP contribution in [0.25, 0.3) is 0 Å². The summed E-state index contributed by atoms with van der Waals surface area (Å²) in [4.78, 5) is 41.8. The summed E-state index contributed by atoms with van der Waals surface area (Å²) in [6.45, 7) is -2.70. The summed E-state index contributed by atoms with van der Waals surface area (Å²) in [6.07, 6.45) is -5.76. The molecule has 0 fully saturated rings. The molecule has 1 aromatic carbocycles. The first-order valence-electron chi connectivity index (χ1n) is 6.06. The van der Waals surface area contributed by atoms with E-state index in [1.54, 1.807) is 0 Å². The van der Waals surface area contributed by atoms with Crippen LogP contribution in [0.15, 0.2) is 12.1 Å². The molecule has 142 valence electrons. The minimum Gasteiger partial charge on any atom is -0.288 e. The van der Waals surface area contributed by atoms with Gasteiger partial charge in [0.25, 0.3) is 11.8 Å². The lowest BCUT2D eigenvalue weighted by molar-refractivity contribution is -0.422. The molecule has 0 atom stereocenters. The highest BCUT2D eigenvalue weighted by Crippen LogP contribution is 2.36. The Morgan fingerprint density at radius 3 is 1.85 bits per heavy atom. The standard InChI is InChI=1S/C8H3N3O6.C3H2F6/c12-7-3-1-2-4(10(14)15)6(11(16)17)5(3)8(13)9-7;4-1-2(5,6)3(7,8)9/h1-2H,(H,9,12,13);1H2. The Balaban J connectivity index is 0.000000321. The van der Waals surface area contributed by atoms with Crippen LogP contribution in [0, 0.1) is 20.2 Å². The van der Waals surface area contributed by atoms with E-state index in [4.69, 9.17) is 0 Å². The number of rotatable bonds is 3. The van der Waals surface area contributed by atoms with Gasteiger partial charge in [0, 0.05) is 6.07 Å². The first-order valence-corrected chi connectivity index (χ1v) is 6.06. The number of nitrogens with one attached hydrogen (secondary N) is 1. The molecular formula is C11H5F6N3O6. The van der Waals surface area contributed by atoms with Crippen molar-refractivity contribution in [3.05, 3.63) is 43.5 Å². The van der Waals surface area contributed by atoms with Gasteiger partial charge in [0.2, 0.25) is 0 Å². The van der Waals surface area contributed by atoms with E-state index in [-0.39, 0.29) is 5.56 Å². The summed E-state index contributed by atoms with van der Waals surface area (Å²) >= 11 is 0. The second-order valence-electron chi connectivity index (χ2n) is 4.49. The number of nitro benzene ring substituents is 2. The maximum atomic E-state index is 11.3. The first kappa shape index (κ1) is 20.8. The van der Waals surface area contributed by atoms with Crippen molar-refractivity contribution < 1.29 is 45.8 Å². The number of carbonyl (C=O) groups excluding carboxylic acids is 2. The number of imide groups is 1. The number of nitro groups is 2. The summed E-state index contributed by atoms with van der Waals surface area (Å²) in [5.74, 6) is -6.99. The third kappa shape index (κ3) is 3.86. The smallest absolute Gasteiger partial charge is 0.288 e. The summed E-state index contributed by atoms with van der Waals surface area (Å²) in [5, 5.41) is 23.2. The van der Waals surface area contributed by atoms with Crippen LogP contribution < -0.4 is 5.32 Å². The molecule has 26 heavy (non-hydrogen) atoms. The van der Waals surface area contributed by atoms with Crippen molar-refractivity contribution in [1.29, 1.82) is 0 Å². The number of benzene rings is 1. The molecule has 0 radical (unpaired) electrons. The Bertz CT molecular complexity index is 793. The molecule has 0 aliphatic carbocycles. The third-order valence-electron chi connectivity index (χ3n) is 2.82. The molecule has 1 heterocycles. The van der Waals surface area contributed by atoms with Crippen LogP contribution in [0.5, 0.6) is 0 Å². The van der Waals surface area contributed by atoms with E-state index >= 15 is 0 Å². The lowest BCUT2D eigenvalue weighted by Gasteiger charge is -2.14. The monoisotopic (exact) mass is 389 g/mol. The summed E-state index contributed by atoms with van der Waals surface area (Å²) in [6, 6.07) is 1.84. The minimum absolute atomic E-state index is 0.229. The third-order valence-corrected chi connectivity index (χ3v) is 2.82. The van der Waals surface area contributed by atoms with Crippen molar-refractivity contribution in [2.75, 3.05) is 6.67 Å². The summed E-state index contributed by atoms with van der Waals surface area (Å²) in [7, 11) is 0. The van der Waals surface area contributed by atoms with Crippen molar-refractivity contribution in [1.82, 2.24) is 5.32 Å². The van der Waals surface area contributed by atoms with E-state index in [0.29, 0.717) is 0 Å². The normalized spacial score (nSPS) is 13.5. The van der Waals surface area contributed by atoms with Crippen molar-refractivity contribution in [2.45, 2.75) is 12.1 Å². The van der Waals surface area contributed by atoms with Crippen molar-refractivity contribution >= 4 is 23.2 Å². The lowest BCUT2D eigenvalue weighted by Crippen LogP contribution is -2.38. The molecule has 0 bridgehead atoms. The Kier molecular flexibility index (Phi) is 5.54. The second kappa shape index (κ2) is 6.93. The van der Waals surface area contributed by atoms with Gasteiger partial charge in [-0.1, -0.05) is 0 Å². The Morgan fingerprint density at radius 2 is 1.50 bits per heavy atom. The molecule has 0 aromatic heterocycles. The zero-order valence-electron chi connectivity index (χ0n) is 12.0. The Morgan fingerprint density at radius 1 is 0.962 bits per heavy atom. The average molecular weight is 389 g/mol. The largest absolute Gasteiger partial charge is 0.456 e. The van der Waals surface area contributed by atoms with E-state index in [9.17, 15) is 56.2 Å². The molecule has 0 saturated heterocycles. The number of hydrogen-bond donors (Lipinski definition) is 1. The molecule has 15 heteroatoms. The first-order chi connectivity index (χ1) is 11.7. The fourth-order valence-corrected chi connectivity index (χ4v) is 1.64. The van der Waals surface area contributed by atoms with Gasteiger partial charge in [-0.25, -0.2) is 4.39 Å². The van der Waals surface area contributed by atoms with Gasteiger partial charge in [-0.3, -0.25) is 35.1 Å². The Hall–Kier alpha value is -3.26. The van der Waals surface area contributed by atoms with Gasteiger partial charge in [0.15, 0.2) is 6.67 Å². The predicted octanol–water partition coefficient (Wildman–Crippen LogP) is 2.54. The molecule has 0 unspecified atom stereocenters. The van der Waals surface area contributed by atoms with Crippen LogP contribution in [0.4, 0.5) is 37.7 Å². The van der Waals surface area contributed by atoms with Crippen LogP contribution in [0.1, 0.15) is 20.7 Å². The number of halogens is 6. The lowest BCUT2D eigenvalue weighted by atomic mass is 10.1. The second-order valence-corrected chi connectivity index (χ2v) is 4.49. The molecule has 1 aliphatic heterocycles. The highest BCUT2D eigenvalue weighted by Gasteiger charge is 2.57. The van der Waals surface area contributed by atoms with Gasteiger partial charge < -0.3 is 0 Å². The maximum Gasteiger partial charge on any atom is 0.456 e. The molecule has 1 N–H and O–H groups in total. The highest BCUT2D eigenvalue weighted by atomic mass is 19.4. The van der Waals surface area contributed by atoms with Crippen LogP contribution in [0.3, 0.4) is 0 Å². The molecule has 2 rings (SSSR count). The maximum absolute atomic E-state index is 11.3. The van der Waals surface area contributed by atoms with Gasteiger partial charge in [-0.05, 0) is 6.07 Å². The number of alkyl halides is 6. The van der Waals surface area contributed by atoms with Gasteiger partial charge in [-0.15, -0.1) is 0 Å². The van der Waals surface area contributed by atoms with Gasteiger partial charge >= 0.3 is 23.5 Å².